The highest BCUT2D eigenvalue weighted by Crippen LogP contribution is 2.54. The maximum Gasteiger partial charge on any atom is 0.0664 e. The third-order valence-electron chi connectivity index (χ3n) is 4.35. The third kappa shape index (κ3) is 1.49. The molecule has 0 radical (unpaired) electrons. The van der Waals surface area contributed by atoms with E-state index in [0.717, 1.165) is 12.8 Å². The zero-order chi connectivity index (χ0) is 10.2. The first kappa shape index (κ1) is 10.4. The van der Waals surface area contributed by atoms with E-state index in [2.05, 4.69) is 13.8 Å². The zero-order valence-electron chi connectivity index (χ0n) is 9.46. The first-order valence-corrected chi connectivity index (χ1v) is 6.10. The molecule has 2 N–H and O–H groups in total. The van der Waals surface area contributed by atoms with E-state index in [1.807, 2.05) is 0 Å². The molecular weight excluding hydrogens is 174 g/mol. The van der Waals surface area contributed by atoms with Crippen LogP contribution < -0.4 is 5.73 Å². The van der Waals surface area contributed by atoms with Gasteiger partial charge >= 0.3 is 0 Å². The van der Waals surface area contributed by atoms with Gasteiger partial charge in [-0.3, -0.25) is 0 Å². The Kier molecular flexibility index (Phi) is 2.85. The summed E-state index contributed by atoms with van der Waals surface area (Å²) in [5, 5.41) is 0. The second kappa shape index (κ2) is 3.82. The summed E-state index contributed by atoms with van der Waals surface area (Å²) < 4.78 is 6.06. The maximum absolute atomic E-state index is 6.15. The standard InChI is InChI=1S/C12H23NO/c1-3-9(2)14-11-8-10(13)12(11)6-4-5-7-12/h9-11H,3-8,13H2,1-2H3. The summed E-state index contributed by atoms with van der Waals surface area (Å²) in [5.41, 5.74) is 6.52. The van der Waals surface area contributed by atoms with Gasteiger partial charge in [-0.2, -0.15) is 0 Å². The second-order valence-electron chi connectivity index (χ2n) is 5.13. The first-order chi connectivity index (χ1) is 6.69. The summed E-state index contributed by atoms with van der Waals surface area (Å²) in [5.74, 6) is 0. The first-order valence-electron chi connectivity index (χ1n) is 6.10. The molecule has 0 saturated heterocycles. The van der Waals surface area contributed by atoms with E-state index in [9.17, 15) is 0 Å². The summed E-state index contributed by atoms with van der Waals surface area (Å²) >= 11 is 0. The molecular formula is C12H23NO. The average molecular weight is 197 g/mol. The highest BCUT2D eigenvalue weighted by Gasteiger charge is 2.55. The molecule has 0 amide bonds. The molecule has 0 bridgehead atoms. The summed E-state index contributed by atoms with van der Waals surface area (Å²) in [6, 6.07) is 0.416. The van der Waals surface area contributed by atoms with Gasteiger partial charge in [0.15, 0.2) is 0 Å². The SMILES string of the molecule is CCC(C)OC1CC(N)C12CCCC2. The molecule has 2 saturated carbocycles. The number of nitrogens with two attached hydrogens (primary N) is 1. The summed E-state index contributed by atoms with van der Waals surface area (Å²) in [6.45, 7) is 4.36. The number of hydrogen-bond donors (Lipinski definition) is 1. The van der Waals surface area contributed by atoms with Crippen molar-refractivity contribution in [2.75, 3.05) is 0 Å². The maximum atomic E-state index is 6.15. The molecule has 0 aromatic rings. The fourth-order valence-corrected chi connectivity index (χ4v) is 3.07. The summed E-state index contributed by atoms with van der Waals surface area (Å²) in [6.07, 6.45) is 8.39. The topological polar surface area (TPSA) is 35.2 Å². The van der Waals surface area contributed by atoms with Crippen LogP contribution in [0.15, 0.2) is 0 Å². The Morgan fingerprint density at radius 2 is 2.07 bits per heavy atom. The van der Waals surface area contributed by atoms with E-state index >= 15 is 0 Å². The van der Waals surface area contributed by atoms with E-state index < -0.39 is 0 Å². The van der Waals surface area contributed by atoms with Gasteiger partial charge in [0.25, 0.3) is 0 Å². The Balaban J connectivity index is 1.94. The Morgan fingerprint density at radius 3 is 2.57 bits per heavy atom. The van der Waals surface area contributed by atoms with Crippen LogP contribution in [-0.4, -0.2) is 18.2 Å². The van der Waals surface area contributed by atoms with Crippen molar-refractivity contribution in [3.63, 3.8) is 0 Å². The largest absolute Gasteiger partial charge is 0.375 e. The average Bonchev–Trinajstić information content (AvgIpc) is 2.68. The Morgan fingerprint density at radius 1 is 1.43 bits per heavy atom. The van der Waals surface area contributed by atoms with Crippen LogP contribution in [0, 0.1) is 5.41 Å². The molecule has 3 unspecified atom stereocenters. The summed E-state index contributed by atoms with van der Waals surface area (Å²) in [4.78, 5) is 0. The minimum Gasteiger partial charge on any atom is -0.375 e. The fraction of sp³-hybridized carbons (Fsp3) is 1.00. The fourth-order valence-electron chi connectivity index (χ4n) is 3.07. The normalized spacial score (nSPS) is 37.1. The van der Waals surface area contributed by atoms with Crippen molar-refractivity contribution in [2.45, 2.75) is 70.6 Å². The minimum absolute atomic E-state index is 0.378. The van der Waals surface area contributed by atoms with Gasteiger partial charge in [0.1, 0.15) is 0 Å². The monoisotopic (exact) mass is 197 g/mol. The molecule has 2 fully saturated rings. The van der Waals surface area contributed by atoms with E-state index in [-0.39, 0.29) is 0 Å². The van der Waals surface area contributed by atoms with E-state index in [4.69, 9.17) is 10.5 Å². The molecule has 2 rings (SSSR count). The molecule has 1 spiro atoms. The Labute approximate surface area is 87.2 Å². The van der Waals surface area contributed by atoms with Gasteiger partial charge in [0, 0.05) is 11.5 Å². The van der Waals surface area contributed by atoms with Gasteiger partial charge in [-0.15, -0.1) is 0 Å². The van der Waals surface area contributed by atoms with Gasteiger partial charge in [-0.25, -0.2) is 0 Å². The van der Waals surface area contributed by atoms with Crippen molar-refractivity contribution in [3.8, 4) is 0 Å². The Hall–Kier alpha value is -0.0800. The van der Waals surface area contributed by atoms with Crippen LogP contribution in [0.4, 0.5) is 0 Å². The molecule has 0 aromatic carbocycles. The van der Waals surface area contributed by atoms with Crippen LogP contribution in [0.25, 0.3) is 0 Å². The number of ether oxygens (including phenoxy) is 1. The van der Waals surface area contributed by atoms with Crippen molar-refractivity contribution < 1.29 is 4.74 Å². The van der Waals surface area contributed by atoms with E-state index in [0.29, 0.717) is 23.7 Å². The number of rotatable bonds is 3. The van der Waals surface area contributed by atoms with Gasteiger partial charge in [0.05, 0.1) is 12.2 Å². The highest BCUT2D eigenvalue weighted by molar-refractivity contribution is 5.08. The van der Waals surface area contributed by atoms with Crippen LogP contribution in [0.3, 0.4) is 0 Å². The molecule has 82 valence electrons. The quantitative estimate of drug-likeness (QED) is 0.754. The molecule has 2 nitrogen and oxygen atoms in total. The van der Waals surface area contributed by atoms with Crippen molar-refractivity contribution >= 4 is 0 Å². The van der Waals surface area contributed by atoms with Crippen molar-refractivity contribution in [2.24, 2.45) is 11.1 Å². The molecule has 0 heterocycles. The molecule has 0 aliphatic heterocycles. The van der Waals surface area contributed by atoms with Crippen LogP contribution in [0.2, 0.25) is 0 Å². The lowest BCUT2D eigenvalue weighted by molar-refractivity contribution is -0.148. The van der Waals surface area contributed by atoms with Gasteiger partial charge in [-0.05, 0) is 32.6 Å². The van der Waals surface area contributed by atoms with Crippen molar-refractivity contribution in [1.82, 2.24) is 0 Å². The van der Waals surface area contributed by atoms with E-state index in [1.165, 1.54) is 25.7 Å². The molecule has 2 heteroatoms. The predicted octanol–water partition coefficient (Wildman–Crippen LogP) is 2.46. The zero-order valence-corrected chi connectivity index (χ0v) is 9.46. The van der Waals surface area contributed by atoms with E-state index in [1.54, 1.807) is 0 Å². The molecule has 3 atom stereocenters. The smallest absolute Gasteiger partial charge is 0.0664 e. The predicted molar refractivity (Wildman–Crippen MR) is 58.1 cm³/mol. The number of hydrogen-bond acceptors (Lipinski definition) is 2. The Bertz CT molecular complexity index is 198. The van der Waals surface area contributed by atoms with Gasteiger partial charge in [-0.1, -0.05) is 19.8 Å². The van der Waals surface area contributed by atoms with Gasteiger partial charge in [0.2, 0.25) is 0 Å². The molecule has 0 aromatic heterocycles. The van der Waals surface area contributed by atoms with Crippen molar-refractivity contribution in [1.29, 1.82) is 0 Å². The minimum atomic E-state index is 0.378. The third-order valence-corrected chi connectivity index (χ3v) is 4.35. The van der Waals surface area contributed by atoms with Crippen molar-refractivity contribution in [3.05, 3.63) is 0 Å². The lowest BCUT2D eigenvalue weighted by Crippen LogP contribution is -2.61. The van der Waals surface area contributed by atoms with Crippen LogP contribution in [-0.2, 0) is 4.74 Å². The van der Waals surface area contributed by atoms with Crippen LogP contribution in [0.1, 0.15) is 52.4 Å². The molecule has 14 heavy (non-hydrogen) atoms. The molecule has 2 aliphatic carbocycles. The van der Waals surface area contributed by atoms with Crippen LogP contribution in [0.5, 0.6) is 0 Å². The van der Waals surface area contributed by atoms with Crippen LogP contribution >= 0.6 is 0 Å². The second-order valence-corrected chi connectivity index (χ2v) is 5.13. The lowest BCUT2D eigenvalue weighted by Gasteiger charge is -2.53. The molecule has 2 aliphatic rings. The lowest BCUT2D eigenvalue weighted by atomic mass is 9.61. The highest BCUT2D eigenvalue weighted by atomic mass is 16.5. The summed E-state index contributed by atoms with van der Waals surface area (Å²) in [7, 11) is 0. The van der Waals surface area contributed by atoms with Gasteiger partial charge < -0.3 is 10.5 Å².